The van der Waals surface area contributed by atoms with Crippen LogP contribution >= 0.6 is 11.8 Å². The van der Waals surface area contributed by atoms with Gasteiger partial charge < -0.3 is 5.32 Å². The summed E-state index contributed by atoms with van der Waals surface area (Å²) in [5.41, 5.74) is 1.26. The summed E-state index contributed by atoms with van der Waals surface area (Å²) in [5.74, 6) is 0. The zero-order valence-electron chi connectivity index (χ0n) is 10.8. The molecule has 0 saturated heterocycles. The summed E-state index contributed by atoms with van der Waals surface area (Å²) in [4.78, 5) is 1.18. The number of tetrazole rings is 1. The summed E-state index contributed by atoms with van der Waals surface area (Å²) in [6.45, 7) is 5.14. The minimum Gasteiger partial charge on any atom is -0.310 e. The molecule has 0 radical (unpaired) electrons. The van der Waals surface area contributed by atoms with Gasteiger partial charge >= 0.3 is 0 Å². The lowest BCUT2D eigenvalue weighted by atomic mass is 10.2. The number of aromatic nitrogens is 4. The fourth-order valence-corrected chi connectivity index (χ4v) is 2.33. The van der Waals surface area contributed by atoms with Gasteiger partial charge in [0.05, 0.1) is 0 Å². The number of nitrogens with zero attached hydrogens (tertiary/aromatic N) is 4. The first-order valence-corrected chi connectivity index (χ1v) is 6.70. The van der Waals surface area contributed by atoms with Crippen LogP contribution in [0.15, 0.2) is 34.3 Å². The van der Waals surface area contributed by atoms with E-state index in [1.165, 1.54) is 10.5 Å². The van der Waals surface area contributed by atoms with Gasteiger partial charge in [-0.15, -0.1) is 5.10 Å². The molecule has 2 aromatic rings. The van der Waals surface area contributed by atoms with Crippen LogP contribution in [-0.4, -0.2) is 26.2 Å². The molecular weight excluding hydrogens is 246 g/mol. The molecule has 5 nitrogen and oxygen atoms in total. The van der Waals surface area contributed by atoms with Gasteiger partial charge in [-0.1, -0.05) is 32.0 Å². The van der Waals surface area contributed by atoms with Crippen molar-refractivity contribution in [1.29, 1.82) is 0 Å². The van der Waals surface area contributed by atoms with Crippen LogP contribution in [0.2, 0.25) is 0 Å². The Bertz CT molecular complexity index is 509. The third kappa shape index (κ3) is 3.30. The second kappa shape index (κ2) is 5.97. The molecule has 0 atom stereocenters. The lowest BCUT2D eigenvalue weighted by Gasteiger charge is -2.11. The molecule has 0 aliphatic carbocycles. The van der Waals surface area contributed by atoms with Crippen molar-refractivity contribution in [3.63, 3.8) is 0 Å². The Kier molecular flexibility index (Phi) is 4.33. The van der Waals surface area contributed by atoms with E-state index in [1.54, 1.807) is 16.4 Å². The Balaban J connectivity index is 2.14. The van der Waals surface area contributed by atoms with Gasteiger partial charge in [-0.05, 0) is 33.8 Å². The summed E-state index contributed by atoms with van der Waals surface area (Å²) >= 11 is 1.59. The number of rotatable bonds is 5. The summed E-state index contributed by atoms with van der Waals surface area (Å²) < 4.78 is 1.68. The minimum atomic E-state index is 0.472. The van der Waals surface area contributed by atoms with Crippen molar-refractivity contribution in [2.24, 2.45) is 7.05 Å². The second-order valence-corrected chi connectivity index (χ2v) is 5.34. The van der Waals surface area contributed by atoms with Crippen LogP contribution in [0.1, 0.15) is 19.4 Å². The Hall–Kier alpha value is -1.40. The number of nitrogens with one attached hydrogen (secondary N) is 1. The Morgan fingerprint density at radius 3 is 2.78 bits per heavy atom. The molecule has 0 spiro atoms. The van der Waals surface area contributed by atoms with Crippen molar-refractivity contribution in [2.45, 2.75) is 36.5 Å². The zero-order chi connectivity index (χ0) is 13.0. The Labute approximate surface area is 111 Å². The highest BCUT2D eigenvalue weighted by Crippen LogP contribution is 2.28. The third-order valence-corrected chi connectivity index (χ3v) is 3.60. The van der Waals surface area contributed by atoms with E-state index in [1.807, 2.05) is 13.1 Å². The first-order valence-electron chi connectivity index (χ1n) is 5.88. The van der Waals surface area contributed by atoms with E-state index < -0.39 is 0 Å². The van der Waals surface area contributed by atoms with Crippen molar-refractivity contribution in [3.8, 4) is 0 Å². The molecule has 96 valence electrons. The molecule has 0 bridgehead atoms. The molecule has 1 N–H and O–H groups in total. The maximum Gasteiger partial charge on any atom is 0.213 e. The SMILES string of the molecule is CC(C)NCc1ccccc1Sc1nnnn1C. The van der Waals surface area contributed by atoms with E-state index in [0.717, 1.165) is 11.7 Å². The van der Waals surface area contributed by atoms with Gasteiger partial charge in [0.1, 0.15) is 0 Å². The van der Waals surface area contributed by atoms with E-state index >= 15 is 0 Å². The largest absolute Gasteiger partial charge is 0.310 e. The van der Waals surface area contributed by atoms with Gasteiger partial charge in [-0.2, -0.15) is 0 Å². The molecule has 1 aromatic carbocycles. The zero-order valence-corrected chi connectivity index (χ0v) is 11.6. The Morgan fingerprint density at radius 2 is 2.11 bits per heavy atom. The van der Waals surface area contributed by atoms with Crippen LogP contribution in [0.25, 0.3) is 0 Å². The molecule has 18 heavy (non-hydrogen) atoms. The molecule has 0 fully saturated rings. The molecule has 0 unspecified atom stereocenters. The number of benzene rings is 1. The number of hydrogen-bond acceptors (Lipinski definition) is 5. The van der Waals surface area contributed by atoms with Crippen LogP contribution in [0.3, 0.4) is 0 Å². The van der Waals surface area contributed by atoms with Crippen molar-refractivity contribution in [1.82, 2.24) is 25.5 Å². The van der Waals surface area contributed by atoms with Crippen LogP contribution in [0, 0.1) is 0 Å². The third-order valence-electron chi connectivity index (χ3n) is 2.46. The molecule has 1 aromatic heterocycles. The number of hydrogen-bond donors (Lipinski definition) is 1. The fourth-order valence-electron chi connectivity index (χ4n) is 1.47. The van der Waals surface area contributed by atoms with Crippen LogP contribution in [-0.2, 0) is 13.6 Å². The molecular formula is C12H17N5S. The minimum absolute atomic E-state index is 0.472. The van der Waals surface area contributed by atoms with Gasteiger partial charge in [0, 0.05) is 24.5 Å². The molecule has 2 rings (SSSR count). The highest BCUT2D eigenvalue weighted by Gasteiger charge is 2.08. The van der Waals surface area contributed by atoms with Crippen LogP contribution in [0.4, 0.5) is 0 Å². The predicted octanol–water partition coefficient (Wildman–Crippen LogP) is 1.86. The summed E-state index contributed by atoms with van der Waals surface area (Å²) in [6, 6.07) is 8.78. The highest BCUT2D eigenvalue weighted by molar-refractivity contribution is 7.99. The molecule has 0 aliphatic heterocycles. The standard InChI is InChI=1S/C12H17N5S/c1-9(2)13-8-10-6-4-5-7-11(10)18-12-14-15-16-17(12)3/h4-7,9,13H,8H2,1-3H3. The predicted molar refractivity (Wildman–Crippen MR) is 71.3 cm³/mol. The molecule has 1 heterocycles. The van der Waals surface area contributed by atoms with E-state index in [0.29, 0.717) is 6.04 Å². The lowest BCUT2D eigenvalue weighted by Crippen LogP contribution is -2.22. The maximum absolute atomic E-state index is 3.99. The molecule has 0 amide bonds. The van der Waals surface area contributed by atoms with Crippen molar-refractivity contribution < 1.29 is 0 Å². The van der Waals surface area contributed by atoms with Gasteiger partial charge in [0.25, 0.3) is 0 Å². The fraction of sp³-hybridized carbons (Fsp3) is 0.417. The van der Waals surface area contributed by atoms with E-state index in [4.69, 9.17) is 0 Å². The van der Waals surface area contributed by atoms with E-state index in [9.17, 15) is 0 Å². The van der Waals surface area contributed by atoms with Gasteiger partial charge in [0.2, 0.25) is 5.16 Å². The summed E-state index contributed by atoms with van der Waals surface area (Å²) in [7, 11) is 1.84. The molecule has 6 heteroatoms. The summed E-state index contributed by atoms with van der Waals surface area (Å²) in [6.07, 6.45) is 0. The van der Waals surface area contributed by atoms with E-state index in [2.05, 4.69) is 52.9 Å². The average Bonchev–Trinajstić information content (AvgIpc) is 2.74. The quantitative estimate of drug-likeness (QED) is 0.892. The molecule has 0 aliphatic rings. The lowest BCUT2D eigenvalue weighted by molar-refractivity contribution is 0.584. The topological polar surface area (TPSA) is 55.6 Å². The first kappa shape index (κ1) is 13.0. The normalized spacial score (nSPS) is 11.1. The van der Waals surface area contributed by atoms with Gasteiger partial charge in [-0.25, -0.2) is 4.68 Å². The van der Waals surface area contributed by atoms with E-state index in [-0.39, 0.29) is 0 Å². The average molecular weight is 263 g/mol. The maximum atomic E-state index is 3.99. The monoisotopic (exact) mass is 263 g/mol. The van der Waals surface area contributed by atoms with Gasteiger partial charge in [-0.3, -0.25) is 0 Å². The van der Waals surface area contributed by atoms with Crippen LogP contribution in [0.5, 0.6) is 0 Å². The van der Waals surface area contributed by atoms with Crippen LogP contribution < -0.4 is 5.32 Å². The highest BCUT2D eigenvalue weighted by atomic mass is 32.2. The van der Waals surface area contributed by atoms with Crippen molar-refractivity contribution in [2.75, 3.05) is 0 Å². The van der Waals surface area contributed by atoms with Gasteiger partial charge in [0.15, 0.2) is 0 Å². The first-order chi connectivity index (χ1) is 8.66. The smallest absolute Gasteiger partial charge is 0.213 e. The number of aryl methyl sites for hydroxylation is 1. The van der Waals surface area contributed by atoms with Crippen molar-refractivity contribution in [3.05, 3.63) is 29.8 Å². The second-order valence-electron chi connectivity index (χ2n) is 4.33. The Morgan fingerprint density at radius 1 is 1.33 bits per heavy atom. The van der Waals surface area contributed by atoms with Crippen molar-refractivity contribution >= 4 is 11.8 Å². The molecule has 0 saturated carbocycles. The summed E-state index contributed by atoms with van der Waals surface area (Å²) in [5, 5.41) is 15.7.